The zero-order valence-electron chi connectivity index (χ0n) is 11.4. The highest BCUT2D eigenvalue weighted by atomic mass is 32.2. The van der Waals surface area contributed by atoms with Gasteiger partial charge in [-0.3, -0.25) is 4.98 Å². The van der Waals surface area contributed by atoms with Crippen LogP contribution in [0.5, 0.6) is 0 Å². The number of sulfonamides is 1. The van der Waals surface area contributed by atoms with Crippen molar-refractivity contribution >= 4 is 27.3 Å². The summed E-state index contributed by atoms with van der Waals surface area (Å²) in [5.74, 6) is -1.13. The molecule has 0 amide bonds. The topological polar surface area (TPSA) is 87.6 Å². The summed E-state index contributed by atoms with van der Waals surface area (Å²) in [5.41, 5.74) is 0.811. The van der Waals surface area contributed by atoms with Crippen LogP contribution in [0.25, 0.3) is 0 Å². The van der Waals surface area contributed by atoms with Crippen LogP contribution in [0.4, 0.5) is 0 Å². The third-order valence-corrected chi connectivity index (χ3v) is 6.63. The fourth-order valence-corrected chi connectivity index (χ4v) is 4.46. The Morgan fingerprint density at radius 1 is 1.29 bits per heavy atom. The lowest BCUT2D eigenvalue weighted by Gasteiger charge is -2.23. The van der Waals surface area contributed by atoms with Crippen molar-refractivity contribution in [1.29, 1.82) is 0 Å². The number of rotatable bonds is 5. The van der Waals surface area contributed by atoms with Crippen LogP contribution in [0.3, 0.4) is 0 Å². The standard InChI is InChI=1S/C13H14N2O4S2/c1-9(10-5-7-14-8-6-10)15(2)21(18,19)12-4-3-11(20-12)13(16)17/h3-9H,1-2H3,(H,16,17). The van der Waals surface area contributed by atoms with E-state index in [1.54, 1.807) is 31.5 Å². The zero-order valence-corrected chi connectivity index (χ0v) is 13.1. The van der Waals surface area contributed by atoms with E-state index in [-0.39, 0.29) is 15.1 Å². The van der Waals surface area contributed by atoms with Crippen LogP contribution in [-0.4, -0.2) is 35.8 Å². The molecule has 2 rings (SSSR count). The highest BCUT2D eigenvalue weighted by Gasteiger charge is 2.28. The summed E-state index contributed by atoms with van der Waals surface area (Å²) in [6.07, 6.45) is 3.19. The SMILES string of the molecule is CC(c1ccncc1)N(C)S(=O)(=O)c1ccc(C(=O)O)s1. The molecule has 2 aromatic rings. The molecule has 0 fully saturated rings. The van der Waals surface area contributed by atoms with Crippen LogP contribution in [-0.2, 0) is 10.0 Å². The van der Waals surface area contributed by atoms with Crippen molar-refractivity contribution in [2.45, 2.75) is 17.2 Å². The van der Waals surface area contributed by atoms with E-state index in [4.69, 9.17) is 5.11 Å². The number of hydrogen-bond acceptors (Lipinski definition) is 5. The van der Waals surface area contributed by atoms with Crippen molar-refractivity contribution in [3.05, 3.63) is 47.1 Å². The number of thiophene rings is 1. The van der Waals surface area contributed by atoms with Gasteiger partial charge in [-0.15, -0.1) is 11.3 Å². The molecule has 0 spiro atoms. The molecule has 0 aliphatic rings. The quantitative estimate of drug-likeness (QED) is 0.910. The minimum Gasteiger partial charge on any atom is -0.477 e. The first-order valence-corrected chi connectivity index (χ1v) is 8.31. The molecule has 2 aromatic heterocycles. The molecule has 1 atom stereocenters. The molecular weight excluding hydrogens is 312 g/mol. The second kappa shape index (κ2) is 5.92. The van der Waals surface area contributed by atoms with E-state index in [2.05, 4.69) is 4.98 Å². The molecule has 2 heterocycles. The minimum atomic E-state index is -3.73. The molecule has 1 N–H and O–H groups in total. The van der Waals surface area contributed by atoms with E-state index in [9.17, 15) is 13.2 Å². The molecule has 0 radical (unpaired) electrons. The van der Waals surface area contributed by atoms with Crippen LogP contribution in [0, 0.1) is 0 Å². The summed E-state index contributed by atoms with van der Waals surface area (Å²) >= 11 is 0.747. The number of carboxylic acid groups (broad SMARTS) is 1. The lowest BCUT2D eigenvalue weighted by atomic mass is 10.1. The Labute approximate surface area is 126 Å². The highest BCUT2D eigenvalue weighted by molar-refractivity contribution is 7.91. The van der Waals surface area contributed by atoms with Gasteiger partial charge >= 0.3 is 5.97 Å². The molecular formula is C13H14N2O4S2. The highest BCUT2D eigenvalue weighted by Crippen LogP contribution is 2.29. The lowest BCUT2D eigenvalue weighted by Crippen LogP contribution is -2.29. The fourth-order valence-electron chi connectivity index (χ4n) is 1.78. The van der Waals surface area contributed by atoms with Gasteiger partial charge in [0.05, 0.1) is 0 Å². The first-order valence-electron chi connectivity index (χ1n) is 6.05. The summed E-state index contributed by atoms with van der Waals surface area (Å²) in [6, 6.07) is 5.72. The summed E-state index contributed by atoms with van der Waals surface area (Å²) in [6.45, 7) is 1.76. The predicted octanol–water partition coefficient (Wildman–Crippen LogP) is 2.22. The fraction of sp³-hybridized carbons (Fsp3) is 0.231. The Morgan fingerprint density at radius 2 is 1.90 bits per heavy atom. The van der Waals surface area contributed by atoms with Gasteiger partial charge < -0.3 is 5.11 Å². The monoisotopic (exact) mass is 326 g/mol. The number of carboxylic acids is 1. The maximum Gasteiger partial charge on any atom is 0.345 e. The smallest absolute Gasteiger partial charge is 0.345 e. The Kier molecular flexibility index (Phi) is 4.40. The Bertz CT molecular complexity index is 741. The maximum absolute atomic E-state index is 12.5. The maximum atomic E-state index is 12.5. The van der Waals surface area contributed by atoms with Crippen LogP contribution >= 0.6 is 11.3 Å². The molecule has 0 bridgehead atoms. The van der Waals surface area contributed by atoms with E-state index in [1.807, 2.05) is 0 Å². The summed E-state index contributed by atoms with van der Waals surface area (Å²) in [5, 5.41) is 8.88. The van der Waals surface area contributed by atoms with Gasteiger partial charge in [0, 0.05) is 25.5 Å². The molecule has 8 heteroatoms. The van der Waals surface area contributed by atoms with Crippen molar-refractivity contribution in [3.8, 4) is 0 Å². The van der Waals surface area contributed by atoms with E-state index < -0.39 is 16.0 Å². The minimum absolute atomic E-state index is 0.00135. The molecule has 6 nitrogen and oxygen atoms in total. The normalized spacial score (nSPS) is 13.3. The average Bonchev–Trinajstić information content (AvgIpc) is 2.97. The molecule has 0 saturated carbocycles. The Balaban J connectivity index is 2.32. The Hall–Kier alpha value is -1.77. The number of pyridine rings is 1. The molecule has 0 aromatic carbocycles. The number of hydrogen-bond donors (Lipinski definition) is 1. The molecule has 21 heavy (non-hydrogen) atoms. The summed E-state index contributed by atoms with van der Waals surface area (Å²) in [4.78, 5) is 14.8. The van der Waals surface area contributed by atoms with Crippen molar-refractivity contribution in [2.75, 3.05) is 7.05 Å². The first-order chi connectivity index (χ1) is 9.84. The van der Waals surface area contributed by atoms with Gasteiger partial charge in [-0.2, -0.15) is 4.31 Å². The van der Waals surface area contributed by atoms with Crippen LogP contribution in [0.15, 0.2) is 40.9 Å². The second-order valence-corrected chi connectivity index (χ2v) is 7.71. The largest absolute Gasteiger partial charge is 0.477 e. The van der Waals surface area contributed by atoms with Crippen molar-refractivity contribution in [1.82, 2.24) is 9.29 Å². The van der Waals surface area contributed by atoms with Crippen molar-refractivity contribution in [3.63, 3.8) is 0 Å². The summed E-state index contributed by atoms with van der Waals surface area (Å²) < 4.78 is 26.3. The third-order valence-electron chi connectivity index (χ3n) is 3.16. The van der Waals surface area contributed by atoms with E-state index in [1.165, 1.54) is 23.5 Å². The number of carbonyl (C=O) groups is 1. The molecule has 112 valence electrons. The number of nitrogens with zero attached hydrogens (tertiary/aromatic N) is 2. The number of aromatic nitrogens is 1. The van der Waals surface area contributed by atoms with Gasteiger partial charge in [-0.25, -0.2) is 13.2 Å². The van der Waals surface area contributed by atoms with Gasteiger partial charge in [-0.1, -0.05) is 0 Å². The van der Waals surface area contributed by atoms with E-state index in [0.717, 1.165) is 16.9 Å². The molecule has 1 unspecified atom stereocenters. The van der Waals surface area contributed by atoms with Crippen molar-refractivity contribution < 1.29 is 18.3 Å². The Morgan fingerprint density at radius 3 is 2.43 bits per heavy atom. The molecule has 0 aliphatic heterocycles. The number of aromatic carboxylic acids is 1. The van der Waals surface area contributed by atoms with Crippen LogP contribution in [0.2, 0.25) is 0 Å². The lowest BCUT2D eigenvalue weighted by molar-refractivity contribution is 0.0702. The average molecular weight is 326 g/mol. The van der Waals surface area contributed by atoms with E-state index >= 15 is 0 Å². The van der Waals surface area contributed by atoms with Crippen LogP contribution < -0.4 is 0 Å². The van der Waals surface area contributed by atoms with E-state index in [0.29, 0.717) is 0 Å². The first kappa shape index (κ1) is 15.6. The van der Waals surface area contributed by atoms with Gasteiger partial charge in [0.15, 0.2) is 0 Å². The molecule has 0 aliphatic carbocycles. The second-order valence-electron chi connectivity index (χ2n) is 4.40. The van der Waals surface area contributed by atoms with Gasteiger partial charge in [0.2, 0.25) is 0 Å². The van der Waals surface area contributed by atoms with Crippen LogP contribution in [0.1, 0.15) is 28.2 Å². The predicted molar refractivity (Wildman–Crippen MR) is 78.9 cm³/mol. The van der Waals surface area contributed by atoms with Gasteiger partial charge in [-0.05, 0) is 36.8 Å². The van der Waals surface area contributed by atoms with Gasteiger partial charge in [0.1, 0.15) is 9.09 Å². The van der Waals surface area contributed by atoms with Crippen molar-refractivity contribution in [2.24, 2.45) is 0 Å². The van der Waals surface area contributed by atoms with Gasteiger partial charge in [0.25, 0.3) is 10.0 Å². The molecule has 0 saturated heterocycles. The summed E-state index contributed by atoms with van der Waals surface area (Å²) in [7, 11) is -2.26. The zero-order chi connectivity index (χ0) is 15.6. The third kappa shape index (κ3) is 3.12.